The van der Waals surface area contributed by atoms with Crippen LogP contribution >= 0.6 is 28.3 Å². The number of aromatic nitrogens is 2. The second-order valence-electron chi connectivity index (χ2n) is 7.30. The Labute approximate surface area is 194 Å². The normalized spacial score (nSPS) is 10.8. The van der Waals surface area contributed by atoms with Gasteiger partial charge in [0.15, 0.2) is 0 Å². The summed E-state index contributed by atoms with van der Waals surface area (Å²) in [4.78, 5) is 19.5. The third-order valence-corrected chi connectivity index (χ3v) is 5.24. The summed E-state index contributed by atoms with van der Waals surface area (Å²) in [7, 11) is 3.95. The van der Waals surface area contributed by atoms with Gasteiger partial charge in [0.2, 0.25) is 5.88 Å². The van der Waals surface area contributed by atoms with E-state index in [4.69, 9.17) is 4.74 Å². The maximum Gasteiger partial charge on any atom is 0.276 e. The summed E-state index contributed by atoms with van der Waals surface area (Å²) in [6.45, 7) is 4.19. The van der Waals surface area contributed by atoms with Crippen LogP contribution in [0.25, 0.3) is 5.69 Å². The highest BCUT2D eigenvalue weighted by atomic mass is 79.9. The Hall–Kier alpha value is -2.29. The molecule has 5 nitrogen and oxygen atoms in total. The number of hydrogen-bond donors (Lipinski definition) is 0. The second-order valence-corrected chi connectivity index (χ2v) is 8.09. The highest BCUT2D eigenvalue weighted by molar-refractivity contribution is 9.10. The molecule has 1 aromatic heterocycles. The smallest absolute Gasteiger partial charge is 0.276 e. The molecule has 0 aliphatic carbocycles. The summed E-state index contributed by atoms with van der Waals surface area (Å²) in [6, 6.07) is 9.19. The molecule has 0 saturated carbocycles. The number of nitrogens with zero attached hydrogens (tertiary/aromatic N) is 3. The van der Waals surface area contributed by atoms with E-state index in [1.54, 1.807) is 6.92 Å². The molecule has 0 saturated heterocycles. The van der Waals surface area contributed by atoms with E-state index in [0.29, 0.717) is 5.82 Å². The summed E-state index contributed by atoms with van der Waals surface area (Å²) in [5.74, 6) is -0.896. The quantitative estimate of drug-likeness (QED) is 0.467. The van der Waals surface area contributed by atoms with Crippen molar-refractivity contribution in [2.75, 3.05) is 14.1 Å². The molecule has 0 N–H and O–H groups in total. The third kappa shape index (κ3) is 5.70. The number of benzene rings is 2. The lowest BCUT2D eigenvalue weighted by Crippen LogP contribution is -2.25. The number of rotatable bonds is 6. The van der Waals surface area contributed by atoms with Crippen molar-refractivity contribution in [3.63, 3.8) is 0 Å². The Balaban J connectivity index is 0.00000341. The first-order valence-corrected chi connectivity index (χ1v) is 10.1. The van der Waals surface area contributed by atoms with Gasteiger partial charge in [0.05, 0.1) is 5.69 Å². The zero-order valence-electron chi connectivity index (χ0n) is 17.6. The van der Waals surface area contributed by atoms with Gasteiger partial charge in [0.1, 0.15) is 28.5 Å². The van der Waals surface area contributed by atoms with E-state index < -0.39 is 11.6 Å². The molecular weight excluding hydrogens is 492 g/mol. The van der Waals surface area contributed by atoms with Crippen LogP contribution in [0.2, 0.25) is 0 Å². The first-order valence-electron chi connectivity index (χ1n) is 9.28. The van der Waals surface area contributed by atoms with E-state index in [2.05, 4.69) is 20.9 Å². The first kappa shape index (κ1) is 25.0. The van der Waals surface area contributed by atoms with Crippen molar-refractivity contribution in [1.29, 1.82) is 0 Å². The van der Waals surface area contributed by atoms with Crippen molar-refractivity contribution in [1.82, 2.24) is 14.5 Å². The summed E-state index contributed by atoms with van der Waals surface area (Å²) in [6.07, 6.45) is 0. The van der Waals surface area contributed by atoms with Crippen molar-refractivity contribution in [2.45, 2.75) is 27.0 Å². The van der Waals surface area contributed by atoms with Gasteiger partial charge in [-0.3, -0.25) is 9.36 Å². The molecule has 0 aliphatic heterocycles. The largest absolute Gasteiger partial charge is 0.472 e. The van der Waals surface area contributed by atoms with E-state index in [1.165, 1.54) is 10.6 Å². The van der Waals surface area contributed by atoms with Crippen LogP contribution in [-0.4, -0.2) is 28.5 Å². The summed E-state index contributed by atoms with van der Waals surface area (Å²) < 4.78 is 34.1. The van der Waals surface area contributed by atoms with Gasteiger partial charge in [-0.2, -0.15) is 4.98 Å². The van der Waals surface area contributed by atoms with E-state index in [-0.39, 0.29) is 40.5 Å². The molecule has 0 unspecified atom stereocenters. The summed E-state index contributed by atoms with van der Waals surface area (Å²) in [5.41, 5.74) is 2.57. The molecule has 0 aliphatic rings. The molecule has 2 aromatic carbocycles. The highest BCUT2D eigenvalue weighted by Gasteiger charge is 2.17. The summed E-state index contributed by atoms with van der Waals surface area (Å²) >= 11 is 3.27. The Morgan fingerprint density at radius 3 is 2.48 bits per heavy atom. The van der Waals surface area contributed by atoms with Crippen LogP contribution in [0.4, 0.5) is 8.78 Å². The van der Waals surface area contributed by atoms with E-state index in [0.717, 1.165) is 35.5 Å². The number of halogens is 4. The molecule has 166 valence electrons. The lowest BCUT2D eigenvalue weighted by molar-refractivity contribution is 0.283. The predicted octanol–water partition coefficient (Wildman–Crippen LogP) is 4.95. The molecule has 1 heterocycles. The molecule has 0 atom stereocenters. The Kier molecular flexibility index (Phi) is 8.34. The molecule has 9 heteroatoms. The molecule has 0 spiro atoms. The van der Waals surface area contributed by atoms with Gasteiger partial charge in [-0.1, -0.05) is 12.1 Å². The van der Waals surface area contributed by atoms with Crippen LogP contribution in [0.1, 0.15) is 22.5 Å². The lowest BCUT2D eigenvalue weighted by atomic mass is 10.1. The van der Waals surface area contributed by atoms with Gasteiger partial charge in [-0.15, -0.1) is 12.4 Å². The Morgan fingerprint density at radius 1 is 1.13 bits per heavy atom. The SMILES string of the molecule is Cc1ccc(CN(C)C)cc1-n1c(C)nc(OCc2ccc(F)cc2F)c(Br)c1=O.Cl. The topological polar surface area (TPSA) is 47.4 Å². The first-order chi connectivity index (χ1) is 14.2. The predicted molar refractivity (Wildman–Crippen MR) is 122 cm³/mol. The van der Waals surface area contributed by atoms with Crippen molar-refractivity contribution >= 4 is 28.3 Å². The Morgan fingerprint density at radius 2 is 1.84 bits per heavy atom. The van der Waals surface area contributed by atoms with Crippen LogP contribution in [0.15, 0.2) is 45.7 Å². The zero-order valence-corrected chi connectivity index (χ0v) is 20.0. The molecule has 0 fully saturated rings. The molecule has 0 amide bonds. The molecule has 0 bridgehead atoms. The monoisotopic (exact) mass is 513 g/mol. The van der Waals surface area contributed by atoms with Gasteiger partial charge >= 0.3 is 0 Å². The zero-order chi connectivity index (χ0) is 22.0. The number of aryl methyl sites for hydroxylation is 2. The fraction of sp³-hybridized carbons (Fsp3) is 0.273. The maximum absolute atomic E-state index is 13.8. The second kappa shape index (κ2) is 10.3. The third-order valence-electron chi connectivity index (χ3n) is 4.56. The molecule has 3 rings (SSSR count). The lowest BCUT2D eigenvalue weighted by Gasteiger charge is -2.17. The maximum atomic E-state index is 13.8. The van der Waals surface area contributed by atoms with E-state index in [1.807, 2.05) is 44.1 Å². The minimum absolute atomic E-state index is 0. The van der Waals surface area contributed by atoms with Crippen LogP contribution in [0.3, 0.4) is 0 Å². The van der Waals surface area contributed by atoms with Crippen LogP contribution < -0.4 is 10.3 Å². The van der Waals surface area contributed by atoms with Crippen molar-refractivity contribution < 1.29 is 13.5 Å². The van der Waals surface area contributed by atoms with Gasteiger partial charge in [-0.25, -0.2) is 8.78 Å². The molecule has 3 aromatic rings. The average Bonchev–Trinajstić information content (AvgIpc) is 2.66. The van der Waals surface area contributed by atoms with Crippen LogP contribution in [0.5, 0.6) is 5.88 Å². The summed E-state index contributed by atoms with van der Waals surface area (Å²) in [5, 5.41) is 0. The van der Waals surface area contributed by atoms with Crippen molar-refractivity contribution in [3.8, 4) is 11.6 Å². The van der Waals surface area contributed by atoms with Gasteiger partial charge in [0, 0.05) is 18.2 Å². The fourth-order valence-electron chi connectivity index (χ4n) is 3.11. The van der Waals surface area contributed by atoms with Gasteiger partial charge < -0.3 is 9.64 Å². The van der Waals surface area contributed by atoms with Gasteiger partial charge in [0.25, 0.3) is 5.56 Å². The average molecular weight is 515 g/mol. The van der Waals surface area contributed by atoms with E-state index >= 15 is 0 Å². The Bertz CT molecular complexity index is 1150. The highest BCUT2D eigenvalue weighted by Crippen LogP contribution is 2.24. The van der Waals surface area contributed by atoms with Crippen molar-refractivity contribution in [3.05, 3.63) is 85.4 Å². The molecule has 31 heavy (non-hydrogen) atoms. The van der Waals surface area contributed by atoms with E-state index in [9.17, 15) is 13.6 Å². The minimum atomic E-state index is -0.718. The van der Waals surface area contributed by atoms with Crippen LogP contribution in [0, 0.1) is 25.5 Å². The minimum Gasteiger partial charge on any atom is -0.472 e. The van der Waals surface area contributed by atoms with Crippen molar-refractivity contribution in [2.24, 2.45) is 0 Å². The van der Waals surface area contributed by atoms with Crippen LogP contribution in [-0.2, 0) is 13.2 Å². The fourth-order valence-corrected chi connectivity index (χ4v) is 3.49. The molecular formula is C22H23BrClF2N3O2. The van der Waals surface area contributed by atoms with Gasteiger partial charge in [-0.05, 0) is 73.2 Å². The number of ether oxygens (including phenoxy) is 1. The standard InChI is InChI=1S/C22H22BrF2N3O2.ClH/c1-13-5-6-15(11-27(3)4)9-19(13)28-14(2)26-21(20(23)22(28)29)30-12-16-7-8-17(24)10-18(16)25;/h5-10H,11-12H2,1-4H3;1H. The number of hydrogen-bond acceptors (Lipinski definition) is 4. The molecule has 0 radical (unpaired) electrons.